The van der Waals surface area contributed by atoms with Gasteiger partial charge in [-0.2, -0.15) is 0 Å². The molecule has 1 unspecified atom stereocenters. The van der Waals surface area contributed by atoms with Gasteiger partial charge in [0, 0.05) is 32.7 Å². The Balaban J connectivity index is 2.20. The molecule has 0 aromatic carbocycles. The molecule has 0 aromatic rings. The minimum absolute atomic E-state index is 0.0519. The van der Waals surface area contributed by atoms with Gasteiger partial charge in [-0.15, -0.1) is 0 Å². The van der Waals surface area contributed by atoms with Gasteiger partial charge in [0.15, 0.2) is 6.29 Å². The Bertz CT molecular complexity index is 164. The van der Waals surface area contributed by atoms with Crippen molar-refractivity contribution in [1.29, 1.82) is 0 Å². The monoisotopic (exact) mass is 217 g/mol. The molecule has 1 aliphatic heterocycles. The van der Waals surface area contributed by atoms with E-state index in [1.165, 1.54) is 0 Å². The van der Waals surface area contributed by atoms with Crippen molar-refractivity contribution in [3.05, 3.63) is 0 Å². The van der Waals surface area contributed by atoms with Gasteiger partial charge in [0.1, 0.15) is 0 Å². The summed E-state index contributed by atoms with van der Waals surface area (Å²) in [6.07, 6.45) is 0.894. The quantitative estimate of drug-likeness (QED) is 0.645. The van der Waals surface area contributed by atoms with Crippen molar-refractivity contribution in [3.8, 4) is 0 Å². The second-order valence-corrected chi connectivity index (χ2v) is 4.08. The SMILES string of the molecule is COCCOC1CCN(C(C)C)CCO1. The molecule has 1 heterocycles. The average Bonchev–Trinajstić information content (AvgIpc) is 2.44. The maximum Gasteiger partial charge on any atom is 0.158 e. The second kappa shape index (κ2) is 7.17. The van der Waals surface area contributed by atoms with Crippen molar-refractivity contribution in [3.63, 3.8) is 0 Å². The van der Waals surface area contributed by atoms with Crippen molar-refractivity contribution in [1.82, 2.24) is 4.90 Å². The highest BCUT2D eigenvalue weighted by atomic mass is 16.7. The molecular formula is C11H23NO3. The Kier molecular flexibility index (Phi) is 6.17. The molecule has 4 nitrogen and oxygen atoms in total. The van der Waals surface area contributed by atoms with Gasteiger partial charge in [0.25, 0.3) is 0 Å². The van der Waals surface area contributed by atoms with Crippen LogP contribution < -0.4 is 0 Å². The highest BCUT2D eigenvalue weighted by Crippen LogP contribution is 2.10. The first-order valence-electron chi connectivity index (χ1n) is 5.70. The topological polar surface area (TPSA) is 30.9 Å². The maximum absolute atomic E-state index is 5.61. The van der Waals surface area contributed by atoms with Crippen LogP contribution in [0.3, 0.4) is 0 Å². The van der Waals surface area contributed by atoms with Crippen molar-refractivity contribution < 1.29 is 14.2 Å². The van der Waals surface area contributed by atoms with E-state index in [0.29, 0.717) is 19.3 Å². The van der Waals surface area contributed by atoms with E-state index in [1.807, 2.05) is 0 Å². The Morgan fingerprint density at radius 1 is 1.33 bits per heavy atom. The fourth-order valence-corrected chi connectivity index (χ4v) is 1.68. The van der Waals surface area contributed by atoms with Crippen LogP contribution in [0, 0.1) is 0 Å². The summed E-state index contributed by atoms with van der Waals surface area (Å²) in [4.78, 5) is 2.42. The molecule has 0 radical (unpaired) electrons. The van der Waals surface area contributed by atoms with Crippen LogP contribution in [0.1, 0.15) is 20.3 Å². The maximum atomic E-state index is 5.61. The van der Waals surface area contributed by atoms with Crippen molar-refractivity contribution in [2.45, 2.75) is 32.6 Å². The second-order valence-electron chi connectivity index (χ2n) is 4.08. The van der Waals surface area contributed by atoms with Gasteiger partial charge in [0.05, 0.1) is 19.8 Å². The van der Waals surface area contributed by atoms with Crippen LogP contribution in [0.5, 0.6) is 0 Å². The lowest BCUT2D eigenvalue weighted by Gasteiger charge is -2.23. The Morgan fingerprint density at radius 3 is 2.80 bits per heavy atom. The fraction of sp³-hybridized carbons (Fsp3) is 1.00. The van der Waals surface area contributed by atoms with Crippen LogP contribution in [0.2, 0.25) is 0 Å². The largest absolute Gasteiger partial charge is 0.382 e. The van der Waals surface area contributed by atoms with Crippen molar-refractivity contribution >= 4 is 0 Å². The van der Waals surface area contributed by atoms with Crippen LogP contribution in [-0.4, -0.2) is 57.3 Å². The molecule has 1 fully saturated rings. The highest BCUT2D eigenvalue weighted by molar-refractivity contribution is 4.66. The fourth-order valence-electron chi connectivity index (χ4n) is 1.68. The molecule has 1 rings (SSSR count). The molecule has 1 saturated heterocycles. The van der Waals surface area contributed by atoms with Gasteiger partial charge >= 0.3 is 0 Å². The van der Waals surface area contributed by atoms with E-state index < -0.39 is 0 Å². The molecule has 0 amide bonds. The molecule has 90 valence electrons. The summed E-state index contributed by atoms with van der Waals surface area (Å²) in [7, 11) is 1.68. The summed E-state index contributed by atoms with van der Waals surface area (Å²) >= 11 is 0. The molecule has 0 saturated carbocycles. The van der Waals surface area contributed by atoms with E-state index >= 15 is 0 Å². The van der Waals surface area contributed by atoms with Gasteiger partial charge in [-0.05, 0) is 13.8 Å². The number of nitrogens with zero attached hydrogens (tertiary/aromatic N) is 1. The molecule has 0 aromatic heterocycles. The van der Waals surface area contributed by atoms with Crippen LogP contribution in [0.4, 0.5) is 0 Å². The lowest BCUT2D eigenvalue weighted by molar-refractivity contribution is -0.144. The van der Waals surface area contributed by atoms with Crippen LogP contribution in [-0.2, 0) is 14.2 Å². The Hall–Kier alpha value is -0.160. The zero-order valence-electron chi connectivity index (χ0n) is 10.1. The first-order chi connectivity index (χ1) is 7.24. The molecule has 0 N–H and O–H groups in total. The number of methoxy groups -OCH3 is 1. The van der Waals surface area contributed by atoms with Crippen LogP contribution >= 0.6 is 0 Å². The number of rotatable bonds is 5. The predicted octanol–water partition coefficient (Wildman–Crippen LogP) is 1.11. The van der Waals surface area contributed by atoms with Gasteiger partial charge in [-0.3, -0.25) is 4.90 Å². The molecule has 0 aliphatic carbocycles. The third-order valence-corrected chi connectivity index (χ3v) is 2.66. The van der Waals surface area contributed by atoms with Gasteiger partial charge in [-0.1, -0.05) is 0 Å². The van der Waals surface area contributed by atoms with Crippen molar-refractivity contribution in [2.24, 2.45) is 0 Å². The summed E-state index contributed by atoms with van der Waals surface area (Å²) in [5, 5.41) is 0. The molecule has 1 atom stereocenters. The van der Waals surface area contributed by atoms with Gasteiger partial charge in [0.2, 0.25) is 0 Å². The zero-order valence-corrected chi connectivity index (χ0v) is 10.1. The summed E-state index contributed by atoms with van der Waals surface area (Å²) in [6, 6.07) is 0.589. The highest BCUT2D eigenvalue weighted by Gasteiger charge is 2.18. The summed E-state index contributed by atoms with van der Waals surface area (Å²) in [6.45, 7) is 8.49. The summed E-state index contributed by atoms with van der Waals surface area (Å²) < 4.78 is 16.1. The van der Waals surface area contributed by atoms with E-state index in [9.17, 15) is 0 Å². The molecule has 4 heteroatoms. The number of hydrogen-bond acceptors (Lipinski definition) is 4. The minimum Gasteiger partial charge on any atom is -0.382 e. The summed E-state index contributed by atoms with van der Waals surface area (Å²) in [5.74, 6) is 0. The third kappa shape index (κ3) is 4.93. The predicted molar refractivity (Wildman–Crippen MR) is 58.9 cm³/mol. The normalized spacial score (nSPS) is 24.4. The number of hydrogen-bond donors (Lipinski definition) is 0. The molecule has 15 heavy (non-hydrogen) atoms. The van der Waals surface area contributed by atoms with Gasteiger partial charge in [-0.25, -0.2) is 0 Å². The zero-order chi connectivity index (χ0) is 11.1. The smallest absolute Gasteiger partial charge is 0.158 e. The van der Waals surface area contributed by atoms with Crippen LogP contribution in [0.15, 0.2) is 0 Å². The Morgan fingerprint density at radius 2 is 2.13 bits per heavy atom. The Labute approximate surface area is 92.5 Å². The van der Waals surface area contributed by atoms with E-state index in [1.54, 1.807) is 7.11 Å². The van der Waals surface area contributed by atoms with Crippen LogP contribution in [0.25, 0.3) is 0 Å². The summed E-state index contributed by atoms with van der Waals surface area (Å²) in [5.41, 5.74) is 0. The third-order valence-electron chi connectivity index (χ3n) is 2.66. The van der Waals surface area contributed by atoms with E-state index in [4.69, 9.17) is 14.2 Å². The van der Waals surface area contributed by atoms with E-state index in [0.717, 1.165) is 26.1 Å². The standard InChI is InChI=1S/C11H23NO3/c1-10(2)12-5-4-11(14-7-6-12)15-9-8-13-3/h10-11H,4-9H2,1-3H3. The molecule has 1 aliphatic rings. The lowest BCUT2D eigenvalue weighted by Crippen LogP contribution is -2.33. The van der Waals surface area contributed by atoms with E-state index in [2.05, 4.69) is 18.7 Å². The van der Waals surface area contributed by atoms with E-state index in [-0.39, 0.29) is 6.29 Å². The minimum atomic E-state index is -0.0519. The van der Waals surface area contributed by atoms with Gasteiger partial charge < -0.3 is 14.2 Å². The lowest BCUT2D eigenvalue weighted by atomic mass is 10.3. The number of ether oxygens (including phenoxy) is 3. The molecule has 0 bridgehead atoms. The first kappa shape index (κ1) is 12.9. The molecular weight excluding hydrogens is 194 g/mol. The molecule has 0 spiro atoms. The average molecular weight is 217 g/mol. The first-order valence-corrected chi connectivity index (χ1v) is 5.70. The van der Waals surface area contributed by atoms with Crippen molar-refractivity contribution in [2.75, 3.05) is 40.0 Å².